The smallest absolute Gasteiger partial charge is 0.870 e. The number of sulfone groups is 4. The number of ether oxygens (including phenoxy) is 1. The van der Waals surface area contributed by atoms with Crippen LogP contribution in [0.3, 0.4) is 0 Å². The van der Waals surface area contributed by atoms with Gasteiger partial charge in [-0.05, 0) is 48.5 Å². The van der Waals surface area contributed by atoms with Gasteiger partial charge in [-0.3, -0.25) is 38.4 Å². The predicted molar refractivity (Wildman–Crippen MR) is 335 cm³/mol. The van der Waals surface area contributed by atoms with Gasteiger partial charge in [-0.2, -0.15) is 30.5 Å². The van der Waals surface area contributed by atoms with Crippen LogP contribution in [-0.4, -0.2) is 264 Å². The Hall–Kier alpha value is -8.56. The fraction of sp³-hybridized carbons (Fsp3) is 0.368. The molecule has 2 saturated heterocycles. The summed E-state index contributed by atoms with van der Waals surface area (Å²) in [5, 5.41) is 52.5. The molecule has 4 aromatic carbocycles. The molecular weight excluding hydrogens is 1360 g/mol. The van der Waals surface area contributed by atoms with Crippen LogP contribution in [-0.2, 0) is 92.1 Å². The maximum atomic E-state index is 12.6. The minimum atomic E-state index is -3.40. The summed E-state index contributed by atoms with van der Waals surface area (Å²) in [5.74, 6) is -5.14. The number of hydrogen-bond acceptors (Lipinski definition) is 30. The summed E-state index contributed by atoms with van der Waals surface area (Å²) in [6.07, 6.45) is 2.91. The van der Waals surface area contributed by atoms with Crippen LogP contribution in [0.25, 0.3) is 0 Å². The van der Waals surface area contributed by atoms with Crippen molar-refractivity contribution >= 4 is 110 Å². The molecule has 4 aromatic rings. The van der Waals surface area contributed by atoms with Crippen molar-refractivity contribution in [2.24, 2.45) is 20.4 Å². The average molecular weight is 1430 g/mol. The van der Waals surface area contributed by atoms with E-state index in [-0.39, 0.29) is 81.5 Å². The third kappa shape index (κ3) is 15.7. The van der Waals surface area contributed by atoms with Crippen molar-refractivity contribution in [2.45, 2.75) is 74.8 Å². The van der Waals surface area contributed by atoms with Crippen LogP contribution in [0.2, 0.25) is 0 Å². The Kier molecular flexibility index (Phi) is 24.7. The second-order valence-electron chi connectivity index (χ2n) is 22.0. The van der Waals surface area contributed by atoms with Crippen molar-refractivity contribution in [2.75, 3.05) is 81.5 Å². The van der Waals surface area contributed by atoms with Gasteiger partial charge < -0.3 is 35.4 Å². The number of amides is 4. The van der Waals surface area contributed by atoms with Gasteiger partial charge in [0.1, 0.15) is 22.8 Å². The molecular formula is C57H69LiN12O23S4. The quantitative estimate of drug-likeness (QED) is 0.0538. The monoisotopic (exact) mass is 1420 g/mol. The fourth-order valence-electron chi connectivity index (χ4n) is 10.6. The summed E-state index contributed by atoms with van der Waals surface area (Å²) in [6.45, 7) is 0. The summed E-state index contributed by atoms with van der Waals surface area (Å²) in [7, 11) is -2.61. The van der Waals surface area contributed by atoms with Crippen molar-refractivity contribution in [1.29, 1.82) is 0 Å². The number of carbonyl (C=O) groups is 8. The zero-order valence-corrected chi connectivity index (χ0v) is 56.9. The van der Waals surface area contributed by atoms with Crippen molar-refractivity contribution in [1.82, 2.24) is 40.7 Å². The van der Waals surface area contributed by atoms with E-state index in [4.69, 9.17) is 14.8 Å². The Morgan fingerprint density at radius 2 is 0.825 bits per heavy atom. The van der Waals surface area contributed by atoms with E-state index >= 15 is 0 Å². The standard InChI is InChI=1S/C15H19N3O6S.C14H17N3O6S.C14H15N3O5S.C13H13N3O5S.CH4.Li.H2O/c1-17-14(20)15(18(2)21,9-12(19)24-3)13(16-17)10-5-7-11(8-6-10)25(4,22)23;1-16-13(20)14(17(2)21,8-11(18)19)12(15-16)9-4-6-10(7-5-9)24(3,22)23;1-16-13(19)14(8-11(18)22-17(14)2)12(15-16)9-4-6-10(7-5-9)23(3,20)21;1-16-12(18)13(7-10(17)21-15-13)11(14-16)8-3-5-9(6-4-8)22(2,19)20;;;/h5-8,21H,9H2,1-4H3;4-7,21H,8H2,1-3H3,(H,18,19);4-7H,8H2,1-3H3;3-6,15H,7H2,1-2H3;1H4;;1H2/q;;;;;+1;/p-1. The summed E-state index contributed by atoms with van der Waals surface area (Å²) < 4.78 is 97.0. The van der Waals surface area contributed by atoms with Gasteiger partial charge in [-0.15, -0.1) is 10.5 Å². The molecule has 0 radical (unpaired) electrons. The number of methoxy groups -OCH3 is 1. The van der Waals surface area contributed by atoms with E-state index in [1.165, 1.54) is 134 Å². The number of hydrogen-bond donors (Lipinski definition) is 4. The maximum absolute atomic E-state index is 12.6. The van der Waals surface area contributed by atoms with Gasteiger partial charge in [0, 0.05) is 96.6 Å². The minimum Gasteiger partial charge on any atom is -0.870 e. The molecule has 0 aliphatic carbocycles. The molecule has 10 rings (SSSR count). The zero-order valence-electron chi connectivity index (χ0n) is 53.7. The number of rotatable bonds is 14. The Labute approximate surface area is 569 Å². The van der Waals surface area contributed by atoms with Crippen LogP contribution in [0.4, 0.5) is 0 Å². The second-order valence-corrected chi connectivity index (χ2v) is 30.1. The molecule has 4 unspecified atom stereocenters. The molecule has 97 heavy (non-hydrogen) atoms. The van der Waals surface area contributed by atoms with Crippen molar-refractivity contribution in [3.63, 3.8) is 0 Å². The predicted octanol–water partition coefficient (Wildman–Crippen LogP) is -3.59. The molecule has 6 aliphatic rings. The molecule has 40 heteroatoms. The Morgan fingerprint density at radius 3 is 1.12 bits per heavy atom. The normalized spacial score (nSPS) is 22.2. The van der Waals surface area contributed by atoms with Crippen molar-refractivity contribution in [3.8, 4) is 0 Å². The van der Waals surface area contributed by atoms with E-state index in [2.05, 4.69) is 30.6 Å². The zero-order chi connectivity index (χ0) is 70.4. The van der Waals surface area contributed by atoms with Crippen LogP contribution >= 0.6 is 0 Å². The SMILES string of the molecule is C.CN1N=C(c2ccc(S(C)(=O)=O)cc2)C(CC(=O)O)(N(C)O)C1=O.CN1N=C(c2ccc(S(C)(=O)=O)cc2)C2(CC(=O)ON2)C1=O.CN1N=C(c2ccc(S(C)(=O)=O)cc2)C2(CC(=O)ON2C)C1=O.COC(=O)CC1(N(C)O)C(=O)N(C)N=C1c1ccc(S(C)(=O)=O)cc1.[Li+].[OH-]. The van der Waals surface area contributed by atoms with Gasteiger partial charge in [-0.1, -0.05) is 56.0 Å². The largest absolute Gasteiger partial charge is 1.00 e. The number of hydrazone groups is 4. The first-order chi connectivity index (χ1) is 43.4. The van der Waals surface area contributed by atoms with E-state index in [0.717, 1.165) is 45.1 Å². The first-order valence-corrected chi connectivity index (χ1v) is 34.8. The van der Waals surface area contributed by atoms with Gasteiger partial charge in [-0.25, -0.2) is 53.7 Å². The number of carbonyl (C=O) groups excluding carboxylic acids is 7. The summed E-state index contributed by atoms with van der Waals surface area (Å²) in [6, 6.07) is 23.2. The molecule has 6 heterocycles. The van der Waals surface area contributed by atoms with E-state index in [1.54, 1.807) is 24.3 Å². The number of nitrogens with one attached hydrogen (secondary N) is 1. The van der Waals surface area contributed by atoms with Crippen LogP contribution < -0.4 is 24.3 Å². The van der Waals surface area contributed by atoms with Gasteiger partial charge in [0.25, 0.3) is 23.6 Å². The number of esters is 1. The fourth-order valence-corrected chi connectivity index (χ4v) is 13.1. The Bertz CT molecular complexity index is 4410. The molecule has 0 aromatic heterocycles. The Balaban J connectivity index is 0.000000272. The van der Waals surface area contributed by atoms with Crippen LogP contribution in [0.15, 0.2) is 137 Å². The van der Waals surface area contributed by atoms with Crippen molar-refractivity contribution < 1.29 is 126 Å². The molecule has 2 fully saturated rings. The van der Waals surface area contributed by atoms with Gasteiger partial charge in [0.05, 0.1) is 52.4 Å². The van der Waals surface area contributed by atoms with Gasteiger partial charge in [0.15, 0.2) is 61.5 Å². The molecule has 0 saturated carbocycles. The molecule has 4 atom stereocenters. The van der Waals surface area contributed by atoms with Gasteiger partial charge in [0.2, 0.25) is 0 Å². The van der Waals surface area contributed by atoms with Crippen LogP contribution in [0.5, 0.6) is 0 Å². The van der Waals surface area contributed by atoms with E-state index in [1.807, 2.05) is 0 Å². The Morgan fingerprint density at radius 1 is 0.515 bits per heavy atom. The number of hydroxylamine groups is 7. The minimum absolute atomic E-state index is 0. The van der Waals surface area contributed by atoms with Crippen molar-refractivity contribution in [3.05, 3.63) is 119 Å². The van der Waals surface area contributed by atoms with E-state index < -0.39 is 116 Å². The molecule has 520 valence electrons. The summed E-state index contributed by atoms with van der Waals surface area (Å²) >= 11 is 0. The number of aliphatic carboxylic acids is 1. The number of carboxylic acids is 1. The average Bonchev–Trinajstić information content (AvgIpc) is 1.62. The van der Waals surface area contributed by atoms with Gasteiger partial charge >= 0.3 is 42.7 Å². The third-order valence-electron chi connectivity index (χ3n) is 15.5. The molecule has 0 bridgehead atoms. The number of nitrogens with zero attached hydrogens (tertiary/aromatic N) is 11. The molecule has 4 amide bonds. The molecule has 35 nitrogen and oxygen atoms in total. The number of likely N-dealkylation sites (N-methyl/N-ethyl adjacent to an activating group) is 7. The number of benzene rings is 4. The summed E-state index contributed by atoms with van der Waals surface area (Å²) in [4.78, 5) is 106. The first kappa shape index (κ1) is 80.9. The molecule has 6 aliphatic heterocycles. The second kappa shape index (κ2) is 29.6. The van der Waals surface area contributed by atoms with Crippen LogP contribution in [0.1, 0.15) is 55.4 Å². The summed E-state index contributed by atoms with van der Waals surface area (Å²) in [5.41, 5.74) is -1.17. The maximum Gasteiger partial charge on any atom is 1.00 e. The topological polar surface area (TPSA) is 476 Å². The van der Waals surface area contributed by atoms with E-state index in [9.17, 15) is 82.4 Å². The van der Waals surface area contributed by atoms with Crippen LogP contribution in [0, 0.1) is 0 Å². The molecule has 5 N–H and O–H groups in total. The molecule has 2 spiro atoms. The van der Waals surface area contributed by atoms with E-state index in [0.29, 0.717) is 43.8 Å². The number of carboxylic acid groups (broad SMARTS) is 1. The first-order valence-electron chi connectivity index (χ1n) is 27.2. The third-order valence-corrected chi connectivity index (χ3v) is 20.0.